The number of carbonyl (C=O) groups excluding carboxylic acids is 1. The molecule has 7 nitrogen and oxygen atoms in total. The van der Waals surface area contributed by atoms with E-state index in [9.17, 15) is 4.79 Å². The zero-order chi connectivity index (χ0) is 17.5. The van der Waals surface area contributed by atoms with Crippen molar-refractivity contribution < 1.29 is 9.32 Å². The van der Waals surface area contributed by atoms with Gasteiger partial charge in [0, 0.05) is 30.2 Å². The normalized spacial score (nSPS) is 17.2. The van der Waals surface area contributed by atoms with Gasteiger partial charge in [0.1, 0.15) is 0 Å². The smallest absolute Gasteiger partial charge is 0.318 e. The minimum atomic E-state index is -0.0820. The first-order chi connectivity index (χ1) is 12.8. The molecule has 1 aromatic carbocycles. The van der Waals surface area contributed by atoms with Crippen molar-refractivity contribution in [1.29, 1.82) is 0 Å². The fourth-order valence-electron chi connectivity index (χ4n) is 3.63. The van der Waals surface area contributed by atoms with Crippen LogP contribution in [0.2, 0.25) is 0 Å². The molecule has 1 saturated carbocycles. The lowest BCUT2D eigenvalue weighted by Crippen LogP contribution is -2.39. The third kappa shape index (κ3) is 2.83. The Morgan fingerprint density at radius 3 is 3.04 bits per heavy atom. The summed E-state index contributed by atoms with van der Waals surface area (Å²) >= 11 is 0. The number of carbonyl (C=O) groups is 1. The van der Waals surface area contributed by atoms with Gasteiger partial charge in [-0.2, -0.15) is 4.98 Å². The van der Waals surface area contributed by atoms with Crippen molar-refractivity contribution in [3.05, 3.63) is 47.7 Å². The van der Waals surface area contributed by atoms with Gasteiger partial charge in [-0.25, -0.2) is 4.79 Å². The number of fused-ring (bicyclic) bond motifs is 3. The predicted octanol–water partition coefficient (Wildman–Crippen LogP) is 3.02. The van der Waals surface area contributed by atoms with Crippen LogP contribution in [-0.2, 0) is 19.6 Å². The number of urea groups is 1. The van der Waals surface area contributed by atoms with Crippen LogP contribution in [-0.4, -0.2) is 32.2 Å². The van der Waals surface area contributed by atoms with Crippen LogP contribution in [0.5, 0.6) is 0 Å². The summed E-state index contributed by atoms with van der Waals surface area (Å²) < 4.78 is 7.56. The highest BCUT2D eigenvalue weighted by Crippen LogP contribution is 2.38. The summed E-state index contributed by atoms with van der Waals surface area (Å²) in [6.45, 7) is 2.58. The second kappa shape index (κ2) is 6.16. The topological polar surface area (TPSA) is 76.2 Å². The Morgan fingerprint density at radius 2 is 2.15 bits per heavy atom. The number of aryl methyl sites for hydroxylation is 1. The first kappa shape index (κ1) is 15.4. The summed E-state index contributed by atoms with van der Waals surface area (Å²) in [6.07, 6.45) is 3.18. The first-order valence-electron chi connectivity index (χ1n) is 9.20. The summed E-state index contributed by atoms with van der Waals surface area (Å²) in [5.74, 6) is 1.68. The number of nitrogens with one attached hydrogen (secondary N) is 1. The van der Waals surface area contributed by atoms with E-state index in [1.165, 1.54) is 16.6 Å². The predicted molar refractivity (Wildman–Crippen MR) is 95.5 cm³/mol. The van der Waals surface area contributed by atoms with Crippen LogP contribution in [0.1, 0.15) is 42.6 Å². The van der Waals surface area contributed by atoms with Crippen LogP contribution >= 0.6 is 0 Å². The quantitative estimate of drug-likeness (QED) is 0.787. The second-order valence-electron chi connectivity index (χ2n) is 7.10. The number of hydrogen-bond donors (Lipinski definition) is 1. The van der Waals surface area contributed by atoms with E-state index in [1.54, 1.807) is 0 Å². The van der Waals surface area contributed by atoms with Gasteiger partial charge in [0.05, 0.1) is 13.1 Å². The molecule has 5 rings (SSSR count). The molecule has 7 heteroatoms. The van der Waals surface area contributed by atoms with E-state index in [0.717, 1.165) is 32.4 Å². The van der Waals surface area contributed by atoms with Crippen LogP contribution in [0.3, 0.4) is 0 Å². The summed E-state index contributed by atoms with van der Waals surface area (Å²) in [4.78, 5) is 18.8. The van der Waals surface area contributed by atoms with Crippen molar-refractivity contribution in [2.24, 2.45) is 0 Å². The number of rotatable bonds is 3. The molecule has 0 spiro atoms. The average molecular weight is 351 g/mol. The molecule has 1 N–H and O–H groups in total. The van der Waals surface area contributed by atoms with Gasteiger partial charge in [-0.05, 0) is 36.8 Å². The van der Waals surface area contributed by atoms with Crippen LogP contribution < -0.4 is 5.32 Å². The Balaban J connectivity index is 1.27. The molecule has 1 aliphatic heterocycles. The molecule has 0 atom stereocenters. The lowest BCUT2D eigenvalue weighted by atomic mass is 10.2. The summed E-state index contributed by atoms with van der Waals surface area (Å²) in [5, 5.41) is 8.11. The fourth-order valence-corrected chi connectivity index (χ4v) is 3.63. The monoisotopic (exact) mass is 351 g/mol. The maximum atomic E-state index is 12.6. The molecule has 2 aliphatic rings. The van der Waals surface area contributed by atoms with Gasteiger partial charge >= 0.3 is 6.03 Å². The largest absolute Gasteiger partial charge is 0.343 e. The van der Waals surface area contributed by atoms with E-state index in [0.29, 0.717) is 30.7 Å². The number of benzene rings is 1. The molecule has 3 aromatic rings. The summed E-state index contributed by atoms with van der Waals surface area (Å²) in [5.41, 5.74) is 2.42. The Bertz CT molecular complexity index is 956. The Morgan fingerprint density at radius 1 is 1.27 bits per heavy atom. The van der Waals surface area contributed by atoms with Crippen LogP contribution in [0.25, 0.3) is 10.9 Å². The van der Waals surface area contributed by atoms with E-state index in [4.69, 9.17) is 4.52 Å². The van der Waals surface area contributed by atoms with E-state index in [2.05, 4.69) is 44.3 Å². The molecule has 3 heterocycles. The molecule has 1 aliphatic carbocycles. The Hall–Kier alpha value is -2.83. The molecule has 2 amide bonds. The summed E-state index contributed by atoms with van der Waals surface area (Å²) in [7, 11) is 0. The molecule has 26 heavy (non-hydrogen) atoms. The third-order valence-corrected chi connectivity index (χ3v) is 5.15. The molecular formula is C19H21N5O2. The standard InChI is InChI=1S/C19H21N5O2/c25-19(20-11-17-21-18(26-22-17)13-6-7-13)23-8-3-9-24-15(12-23)10-14-4-1-2-5-16(14)24/h1-2,4-5,10,13H,3,6-9,11-12H2,(H,20,25). The highest BCUT2D eigenvalue weighted by Gasteiger charge is 2.29. The van der Waals surface area contributed by atoms with Crippen LogP contribution in [0, 0.1) is 0 Å². The van der Waals surface area contributed by atoms with E-state index < -0.39 is 0 Å². The Kier molecular flexibility index (Phi) is 3.65. The highest BCUT2D eigenvalue weighted by atomic mass is 16.5. The van der Waals surface area contributed by atoms with Gasteiger partial charge in [-0.3, -0.25) is 0 Å². The van der Waals surface area contributed by atoms with Crippen molar-refractivity contribution in [3.63, 3.8) is 0 Å². The van der Waals surface area contributed by atoms with Gasteiger partial charge < -0.3 is 19.3 Å². The molecule has 0 unspecified atom stereocenters. The highest BCUT2D eigenvalue weighted by molar-refractivity contribution is 5.81. The number of nitrogens with zero attached hydrogens (tertiary/aromatic N) is 4. The Labute approximate surface area is 151 Å². The zero-order valence-electron chi connectivity index (χ0n) is 14.5. The van der Waals surface area contributed by atoms with E-state index in [-0.39, 0.29) is 6.03 Å². The van der Waals surface area contributed by atoms with Crippen molar-refractivity contribution in [2.45, 2.75) is 44.8 Å². The van der Waals surface area contributed by atoms with Gasteiger partial charge in [0.2, 0.25) is 5.89 Å². The lowest BCUT2D eigenvalue weighted by Gasteiger charge is -2.20. The molecule has 134 valence electrons. The average Bonchev–Trinajstić information content (AvgIpc) is 3.36. The minimum Gasteiger partial charge on any atom is -0.343 e. The van der Waals surface area contributed by atoms with Gasteiger partial charge in [0.25, 0.3) is 0 Å². The van der Waals surface area contributed by atoms with Gasteiger partial charge in [-0.15, -0.1) is 0 Å². The molecule has 0 radical (unpaired) electrons. The second-order valence-corrected chi connectivity index (χ2v) is 7.10. The number of para-hydroxylation sites is 1. The van der Waals surface area contributed by atoms with Crippen molar-refractivity contribution in [1.82, 2.24) is 24.9 Å². The van der Waals surface area contributed by atoms with Crippen LogP contribution in [0.4, 0.5) is 4.79 Å². The maximum absolute atomic E-state index is 12.6. The van der Waals surface area contributed by atoms with Crippen molar-refractivity contribution >= 4 is 16.9 Å². The molecule has 1 fully saturated rings. The number of amides is 2. The molecule has 2 aromatic heterocycles. The van der Waals surface area contributed by atoms with Crippen LogP contribution in [0.15, 0.2) is 34.9 Å². The molecular weight excluding hydrogens is 330 g/mol. The van der Waals surface area contributed by atoms with E-state index >= 15 is 0 Å². The fraction of sp³-hybridized carbons (Fsp3) is 0.421. The molecule has 0 bridgehead atoms. The van der Waals surface area contributed by atoms with Crippen molar-refractivity contribution in [2.75, 3.05) is 6.54 Å². The SMILES string of the molecule is O=C(NCc1noc(C2CC2)n1)N1CCCn2c(cc3ccccc32)C1. The number of hydrogen-bond acceptors (Lipinski definition) is 4. The molecule has 0 saturated heterocycles. The lowest BCUT2D eigenvalue weighted by molar-refractivity contribution is 0.195. The van der Waals surface area contributed by atoms with E-state index in [1.807, 2.05) is 11.0 Å². The van der Waals surface area contributed by atoms with Gasteiger partial charge in [-0.1, -0.05) is 23.4 Å². The zero-order valence-corrected chi connectivity index (χ0v) is 14.5. The summed E-state index contributed by atoms with van der Waals surface area (Å²) in [6, 6.07) is 10.5. The van der Waals surface area contributed by atoms with Gasteiger partial charge in [0.15, 0.2) is 5.82 Å². The minimum absolute atomic E-state index is 0.0820. The van der Waals surface area contributed by atoms with Crippen molar-refractivity contribution in [3.8, 4) is 0 Å². The number of aromatic nitrogens is 3. The maximum Gasteiger partial charge on any atom is 0.318 e. The first-order valence-corrected chi connectivity index (χ1v) is 9.20. The third-order valence-electron chi connectivity index (χ3n) is 5.15.